The fourth-order valence-corrected chi connectivity index (χ4v) is 19.7. The van der Waals surface area contributed by atoms with Crippen LogP contribution in [0, 0.1) is 0 Å². The Morgan fingerprint density at radius 3 is 1.90 bits per heavy atom. The molecule has 1 heterocycles. The number of hydrogen-bond acceptors (Lipinski definition) is 3. The first-order valence-corrected chi connectivity index (χ1v) is 15.9. The van der Waals surface area contributed by atoms with Gasteiger partial charge in [-0.1, -0.05) is 37.3 Å². The van der Waals surface area contributed by atoms with Crippen molar-refractivity contribution < 1.29 is 12.3 Å². The van der Waals surface area contributed by atoms with E-state index in [1.165, 1.54) is 5.56 Å². The van der Waals surface area contributed by atoms with E-state index in [4.69, 9.17) is 12.3 Å². The van der Waals surface area contributed by atoms with Crippen LogP contribution < -0.4 is 0 Å². The van der Waals surface area contributed by atoms with Gasteiger partial charge in [0.1, 0.15) is 0 Å². The lowest BCUT2D eigenvalue weighted by atomic mass is 9.99. The second kappa shape index (κ2) is 6.10. The molecule has 1 saturated heterocycles. The minimum absolute atomic E-state index is 0.542. The first-order valence-electron chi connectivity index (χ1n) is 7.76. The SMILES string of the molecule is CC(CC[Si]1(C)O[Si](C)(C)O[Si](C)(C)O1)c1ccccc1. The monoisotopic (exact) mass is 340 g/mol. The van der Waals surface area contributed by atoms with E-state index >= 15 is 0 Å². The molecule has 0 saturated carbocycles. The van der Waals surface area contributed by atoms with Gasteiger partial charge in [0.05, 0.1) is 0 Å². The van der Waals surface area contributed by atoms with E-state index in [1.807, 2.05) is 0 Å². The molecule has 1 unspecified atom stereocenters. The topological polar surface area (TPSA) is 27.7 Å². The van der Waals surface area contributed by atoms with Crippen LogP contribution in [0.3, 0.4) is 0 Å². The lowest BCUT2D eigenvalue weighted by Gasteiger charge is -2.48. The van der Waals surface area contributed by atoms with Crippen molar-refractivity contribution >= 4 is 25.7 Å². The standard InChI is InChI=1S/C15H28O3Si3/c1-14(15-10-8-7-9-11-15)12-13-21(6)17-19(2,3)16-20(4,5)18-21/h7-11,14H,12-13H2,1-6H3. The molecule has 0 radical (unpaired) electrons. The zero-order valence-electron chi connectivity index (χ0n) is 14.1. The molecule has 2 rings (SSSR count). The molecule has 0 N–H and O–H groups in total. The molecule has 0 aliphatic carbocycles. The van der Waals surface area contributed by atoms with Crippen molar-refractivity contribution in [2.24, 2.45) is 0 Å². The molecule has 1 atom stereocenters. The van der Waals surface area contributed by atoms with Crippen molar-refractivity contribution in [1.82, 2.24) is 0 Å². The van der Waals surface area contributed by atoms with E-state index in [0.29, 0.717) is 5.92 Å². The van der Waals surface area contributed by atoms with Crippen LogP contribution in [-0.2, 0) is 12.3 Å². The van der Waals surface area contributed by atoms with Gasteiger partial charge in [0, 0.05) is 0 Å². The third kappa shape index (κ3) is 4.87. The largest absolute Gasteiger partial charge is 0.416 e. The Kier molecular flexibility index (Phi) is 4.97. The quantitative estimate of drug-likeness (QED) is 0.742. The van der Waals surface area contributed by atoms with Gasteiger partial charge in [-0.05, 0) is 56.7 Å². The van der Waals surface area contributed by atoms with Gasteiger partial charge >= 0.3 is 25.7 Å². The van der Waals surface area contributed by atoms with E-state index in [0.717, 1.165) is 12.5 Å². The van der Waals surface area contributed by atoms with E-state index in [-0.39, 0.29) is 0 Å². The summed E-state index contributed by atoms with van der Waals surface area (Å²) < 4.78 is 18.8. The second-order valence-electron chi connectivity index (χ2n) is 7.09. The molecule has 0 amide bonds. The average Bonchev–Trinajstić information content (AvgIpc) is 2.33. The smallest absolute Gasteiger partial charge is 0.317 e. The molecule has 1 aliphatic heterocycles. The maximum Gasteiger partial charge on any atom is 0.317 e. The van der Waals surface area contributed by atoms with E-state index < -0.39 is 25.7 Å². The van der Waals surface area contributed by atoms with E-state index in [2.05, 4.69) is 70.0 Å². The zero-order chi connectivity index (χ0) is 15.7. The Morgan fingerprint density at radius 1 is 0.857 bits per heavy atom. The summed E-state index contributed by atoms with van der Waals surface area (Å²) >= 11 is 0. The molecule has 0 spiro atoms. The summed E-state index contributed by atoms with van der Waals surface area (Å²) in [5.74, 6) is 0.542. The summed E-state index contributed by atoms with van der Waals surface area (Å²) in [5, 5.41) is 0. The second-order valence-corrected chi connectivity index (χ2v) is 17.9. The highest BCUT2D eigenvalue weighted by atomic mass is 28.5. The van der Waals surface area contributed by atoms with Crippen LogP contribution in [0.1, 0.15) is 24.8 Å². The third-order valence-electron chi connectivity index (χ3n) is 3.82. The van der Waals surface area contributed by atoms with Gasteiger partial charge in [0.15, 0.2) is 0 Å². The van der Waals surface area contributed by atoms with Gasteiger partial charge in [0.2, 0.25) is 0 Å². The minimum atomic E-state index is -2.10. The summed E-state index contributed by atoms with van der Waals surface area (Å²) in [7, 11) is -6.13. The van der Waals surface area contributed by atoms with Crippen molar-refractivity contribution in [3.63, 3.8) is 0 Å². The summed E-state index contributed by atoms with van der Waals surface area (Å²) in [5.41, 5.74) is 1.40. The first kappa shape index (κ1) is 17.1. The first-order chi connectivity index (χ1) is 9.61. The van der Waals surface area contributed by atoms with Crippen LogP contribution in [0.25, 0.3) is 0 Å². The van der Waals surface area contributed by atoms with Crippen molar-refractivity contribution in [2.75, 3.05) is 0 Å². The van der Waals surface area contributed by atoms with Crippen molar-refractivity contribution in [3.8, 4) is 0 Å². The van der Waals surface area contributed by atoms with Crippen LogP contribution >= 0.6 is 0 Å². The molecule has 118 valence electrons. The molecule has 1 aromatic carbocycles. The minimum Gasteiger partial charge on any atom is -0.416 e. The molecular weight excluding hydrogens is 312 g/mol. The number of benzene rings is 1. The molecule has 1 aromatic rings. The van der Waals surface area contributed by atoms with Crippen molar-refractivity contribution in [1.29, 1.82) is 0 Å². The highest BCUT2D eigenvalue weighted by molar-refractivity contribution is 6.92. The molecular formula is C15H28O3Si3. The van der Waals surface area contributed by atoms with Crippen LogP contribution in [0.2, 0.25) is 38.8 Å². The van der Waals surface area contributed by atoms with E-state index in [9.17, 15) is 0 Å². The molecule has 0 bridgehead atoms. The maximum atomic E-state index is 6.35. The summed E-state index contributed by atoms with van der Waals surface area (Å²) in [6.45, 7) is 13.1. The molecule has 1 aliphatic rings. The van der Waals surface area contributed by atoms with Crippen LogP contribution in [0.4, 0.5) is 0 Å². The Hall–Kier alpha value is -0.249. The average molecular weight is 341 g/mol. The third-order valence-corrected chi connectivity index (χ3v) is 16.3. The molecule has 6 heteroatoms. The number of rotatable bonds is 4. The molecule has 0 aromatic heterocycles. The fourth-order valence-electron chi connectivity index (χ4n) is 3.22. The zero-order valence-corrected chi connectivity index (χ0v) is 17.1. The molecule has 1 fully saturated rings. The Bertz CT molecular complexity index is 460. The lowest BCUT2D eigenvalue weighted by molar-refractivity contribution is 0.231. The summed E-state index contributed by atoms with van der Waals surface area (Å²) in [6.07, 6.45) is 1.11. The van der Waals surface area contributed by atoms with Crippen molar-refractivity contribution in [2.45, 2.75) is 58.0 Å². The fraction of sp³-hybridized carbons (Fsp3) is 0.600. The van der Waals surface area contributed by atoms with Gasteiger partial charge in [-0.3, -0.25) is 0 Å². The van der Waals surface area contributed by atoms with Crippen LogP contribution in [-0.4, -0.2) is 25.7 Å². The highest BCUT2D eigenvalue weighted by Crippen LogP contribution is 2.35. The van der Waals surface area contributed by atoms with Gasteiger partial charge in [-0.2, -0.15) is 0 Å². The van der Waals surface area contributed by atoms with Crippen molar-refractivity contribution in [3.05, 3.63) is 35.9 Å². The normalized spacial score (nSPS) is 24.5. The van der Waals surface area contributed by atoms with Crippen LogP contribution in [0.15, 0.2) is 30.3 Å². The Balaban J connectivity index is 2.01. The van der Waals surface area contributed by atoms with E-state index in [1.54, 1.807) is 0 Å². The summed E-state index contributed by atoms with van der Waals surface area (Å²) in [4.78, 5) is 0. The van der Waals surface area contributed by atoms with Gasteiger partial charge in [-0.15, -0.1) is 0 Å². The molecule has 21 heavy (non-hydrogen) atoms. The maximum absolute atomic E-state index is 6.35. The predicted octanol–water partition coefficient (Wildman–Crippen LogP) is 4.72. The lowest BCUT2D eigenvalue weighted by Crippen LogP contribution is -2.65. The van der Waals surface area contributed by atoms with Gasteiger partial charge in [-0.25, -0.2) is 0 Å². The van der Waals surface area contributed by atoms with Gasteiger partial charge in [0.25, 0.3) is 0 Å². The highest BCUT2D eigenvalue weighted by Gasteiger charge is 2.52. The van der Waals surface area contributed by atoms with Gasteiger partial charge < -0.3 is 12.3 Å². The Morgan fingerprint density at radius 2 is 1.38 bits per heavy atom. The number of hydrogen-bond donors (Lipinski definition) is 0. The van der Waals surface area contributed by atoms with Crippen LogP contribution in [0.5, 0.6) is 0 Å². The predicted molar refractivity (Wildman–Crippen MR) is 94.1 cm³/mol. The molecule has 3 nitrogen and oxygen atoms in total. The Labute approximate surface area is 132 Å². The summed E-state index contributed by atoms with van der Waals surface area (Å²) in [6, 6.07) is 11.7.